The van der Waals surface area contributed by atoms with E-state index in [1.54, 1.807) is 6.92 Å². The highest BCUT2D eigenvalue weighted by molar-refractivity contribution is 6.35. The molecule has 2 aliphatic rings. The highest BCUT2D eigenvalue weighted by Crippen LogP contribution is 2.42. The minimum atomic E-state index is -2.79. The Labute approximate surface area is 183 Å². The number of nitrogens with zero attached hydrogens (tertiary/aromatic N) is 1. The van der Waals surface area contributed by atoms with Gasteiger partial charge in [0.25, 0.3) is 17.9 Å². The predicted molar refractivity (Wildman–Crippen MR) is 111 cm³/mol. The van der Waals surface area contributed by atoms with Gasteiger partial charge in [0.1, 0.15) is 11.9 Å². The molecule has 0 bridgehead atoms. The van der Waals surface area contributed by atoms with Crippen LogP contribution in [0.4, 0.5) is 8.78 Å². The first kappa shape index (κ1) is 21.8. The van der Waals surface area contributed by atoms with Crippen LogP contribution in [0.25, 0.3) is 0 Å². The second-order valence-electron chi connectivity index (χ2n) is 7.97. The van der Waals surface area contributed by atoms with Crippen molar-refractivity contribution in [3.05, 3.63) is 61.0 Å². The maximum atomic E-state index is 13.7. The number of benzene rings is 1. The average molecular weight is 453 g/mol. The Morgan fingerprint density at radius 2 is 2.10 bits per heavy atom. The number of alkyl halides is 2. The number of aromatic nitrogens is 1. The maximum absolute atomic E-state index is 13.7. The van der Waals surface area contributed by atoms with Crippen molar-refractivity contribution < 1.29 is 23.0 Å². The molecule has 4 rings (SSSR count). The summed E-state index contributed by atoms with van der Waals surface area (Å²) in [7, 11) is 0. The summed E-state index contributed by atoms with van der Waals surface area (Å²) >= 11 is 6.49. The van der Waals surface area contributed by atoms with E-state index in [-0.39, 0.29) is 40.6 Å². The van der Waals surface area contributed by atoms with Gasteiger partial charge in [0.2, 0.25) is 0 Å². The monoisotopic (exact) mass is 452 g/mol. The molecule has 0 spiro atoms. The smallest absolute Gasteiger partial charge is 0.267 e. The first-order chi connectivity index (χ1) is 14.8. The van der Waals surface area contributed by atoms with Crippen LogP contribution in [0.5, 0.6) is 5.75 Å². The molecule has 0 radical (unpaired) electrons. The number of hydrogen-bond donors (Lipinski definition) is 1. The summed E-state index contributed by atoms with van der Waals surface area (Å²) in [5, 5.41) is -0.107. The van der Waals surface area contributed by atoms with Crippen LogP contribution in [-0.2, 0) is 17.7 Å². The fourth-order valence-corrected chi connectivity index (χ4v) is 4.48. The van der Waals surface area contributed by atoms with E-state index in [0.29, 0.717) is 37.1 Å². The molecule has 31 heavy (non-hydrogen) atoms. The lowest BCUT2D eigenvalue weighted by atomic mass is 9.95. The number of nitrogens with one attached hydrogen (secondary N) is 1. The Kier molecular flexibility index (Phi) is 6.03. The molecule has 2 aliphatic heterocycles. The zero-order valence-electron chi connectivity index (χ0n) is 17.3. The zero-order valence-corrected chi connectivity index (χ0v) is 18.0. The van der Waals surface area contributed by atoms with Gasteiger partial charge in [-0.05, 0) is 43.5 Å². The van der Waals surface area contributed by atoms with E-state index in [2.05, 4.69) is 4.98 Å². The molecular formula is C22H23ClF2N2O4. The Morgan fingerprint density at radius 1 is 1.32 bits per heavy atom. The van der Waals surface area contributed by atoms with Crippen LogP contribution in [0, 0.1) is 13.8 Å². The van der Waals surface area contributed by atoms with Crippen molar-refractivity contribution in [2.75, 3.05) is 19.8 Å². The molecule has 1 fully saturated rings. The standard InChI is InChI=1S/C22H23ClF2N2O4/c1-11-7-12(2)26-21(28)16(11)9-27-5-3-13-8-15(20(24)25)19(18(23)17(13)22(27)29)31-14-4-6-30-10-14/h7-8,14,20H,3-6,9-10H2,1-2H3,(H,26,28)/t14-/m1/s1. The molecule has 166 valence electrons. The molecular weight excluding hydrogens is 430 g/mol. The summed E-state index contributed by atoms with van der Waals surface area (Å²) in [6, 6.07) is 3.16. The third kappa shape index (κ3) is 4.19. The Hall–Kier alpha value is -2.45. The molecule has 1 aromatic carbocycles. The van der Waals surface area contributed by atoms with E-state index in [1.165, 1.54) is 11.0 Å². The quantitative estimate of drug-likeness (QED) is 0.745. The summed E-state index contributed by atoms with van der Waals surface area (Å²) in [5.74, 6) is -0.565. The summed E-state index contributed by atoms with van der Waals surface area (Å²) < 4.78 is 38.5. The molecule has 1 saturated heterocycles. The number of halogens is 3. The normalized spacial score (nSPS) is 18.6. The lowest BCUT2D eigenvalue weighted by Crippen LogP contribution is -2.39. The Balaban J connectivity index is 1.70. The molecule has 1 amide bonds. The maximum Gasteiger partial charge on any atom is 0.267 e. The minimum absolute atomic E-state index is 0.107. The molecule has 1 N–H and O–H groups in total. The fourth-order valence-electron chi connectivity index (χ4n) is 4.12. The number of pyridine rings is 1. The third-order valence-electron chi connectivity index (χ3n) is 5.73. The molecule has 0 unspecified atom stereocenters. The molecule has 0 saturated carbocycles. The third-order valence-corrected chi connectivity index (χ3v) is 6.09. The SMILES string of the molecule is Cc1cc(C)c(CN2CCc3cc(C(F)F)c(O[C@@H]4CCOC4)c(Cl)c3C2=O)c(=O)[nH]1. The summed E-state index contributed by atoms with van der Waals surface area (Å²) in [5.41, 5.74) is 2.06. The number of fused-ring (bicyclic) bond motifs is 1. The number of ether oxygens (including phenoxy) is 2. The van der Waals surface area contributed by atoms with Gasteiger partial charge in [-0.25, -0.2) is 8.78 Å². The molecule has 1 aromatic heterocycles. The Morgan fingerprint density at radius 3 is 2.74 bits per heavy atom. The number of carbonyl (C=O) groups is 1. The van der Waals surface area contributed by atoms with Gasteiger partial charge in [-0.2, -0.15) is 0 Å². The van der Waals surface area contributed by atoms with Gasteiger partial charge in [0.05, 0.1) is 35.9 Å². The largest absolute Gasteiger partial charge is 0.486 e. The van der Waals surface area contributed by atoms with Crippen LogP contribution in [0.1, 0.15) is 51.2 Å². The molecule has 1 atom stereocenters. The first-order valence-corrected chi connectivity index (χ1v) is 10.5. The number of H-pyrrole nitrogens is 1. The zero-order chi connectivity index (χ0) is 22.3. The fraction of sp³-hybridized carbons (Fsp3) is 0.455. The Bertz CT molecular complexity index is 1080. The number of carbonyl (C=O) groups excluding carboxylic acids is 1. The van der Waals surface area contributed by atoms with Crippen LogP contribution < -0.4 is 10.3 Å². The minimum Gasteiger partial charge on any atom is -0.486 e. The summed E-state index contributed by atoms with van der Waals surface area (Å²) in [6.45, 7) is 4.78. The lowest BCUT2D eigenvalue weighted by Gasteiger charge is -2.31. The first-order valence-electron chi connectivity index (χ1n) is 10.1. The van der Waals surface area contributed by atoms with Gasteiger partial charge in [-0.15, -0.1) is 0 Å². The van der Waals surface area contributed by atoms with E-state index in [0.717, 1.165) is 11.3 Å². The molecule has 0 aliphatic carbocycles. The number of amides is 1. The number of rotatable bonds is 5. The number of hydrogen-bond acceptors (Lipinski definition) is 4. The van der Waals surface area contributed by atoms with E-state index in [4.69, 9.17) is 21.1 Å². The van der Waals surface area contributed by atoms with Crippen LogP contribution in [0.2, 0.25) is 5.02 Å². The van der Waals surface area contributed by atoms with Crippen LogP contribution in [0.15, 0.2) is 16.9 Å². The second kappa shape index (κ2) is 8.59. The average Bonchev–Trinajstić information content (AvgIpc) is 3.21. The van der Waals surface area contributed by atoms with Gasteiger partial charge in [0.15, 0.2) is 0 Å². The lowest BCUT2D eigenvalue weighted by molar-refractivity contribution is 0.0723. The van der Waals surface area contributed by atoms with Crippen molar-refractivity contribution in [2.24, 2.45) is 0 Å². The van der Waals surface area contributed by atoms with Crippen LogP contribution in [-0.4, -0.2) is 41.7 Å². The molecule has 3 heterocycles. The van der Waals surface area contributed by atoms with Crippen molar-refractivity contribution in [1.29, 1.82) is 0 Å². The van der Waals surface area contributed by atoms with Gasteiger partial charge >= 0.3 is 0 Å². The van der Waals surface area contributed by atoms with Gasteiger partial charge < -0.3 is 19.4 Å². The van der Waals surface area contributed by atoms with Gasteiger partial charge in [-0.1, -0.05) is 11.6 Å². The van der Waals surface area contributed by atoms with Crippen molar-refractivity contribution in [1.82, 2.24) is 9.88 Å². The van der Waals surface area contributed by atoms with E-state index in [1.807, 2.05) is 13.0 Å². The summed E-state index contributed by atoms with van der Waals surface area (Å²) in [4.78, 5) is 29.9. The molecule has 2 aromatic rings. The van der Waals surface area contributed by atoms with Crippen molar-refractivity contribution >= 4 is 17.5 Å². The van der Waals surface area contributed by atoms with E-state index in [9.17, 15) is 18.4 Å². The van der Waals surface area contributed by atoms with Crippen molar-refractivity contribution in [2.45, 2.75) is 45.8 Å². The predicted octanol–water partition coefficient (Wildman–Crippen LogP) is 3.95. The molecule has 9 heteroatoms. The van der Waals surface area contributed by atoms with Crippen LogP contribution in [0.3, 0.4) is 0 Å². The van der Waals surface area contributed by atoms with Gasteiger partial charge in [-0.3, -0.25) is 9.59 Å². The van der Waals surface area contributed by atoms with Gasteiger partial charge in [0, 0.05) is 24.2 Å². The highest BCUT2D eigenvalue weighted by atomic mass is 35.5. The topological polar surface area (TPSA) is 71.6 Å². The van der Waals surface area contributed by atoms with Crippen molar-refractivity contribution in [3.63, 3.8) is 0 Å². The molecule has 6 nitrogen and oxygen atoms in total. The van der Waals surface area contributed by atoms with Crippen molar-refractivity contribution in [3.8, 4) is 5.75 Å². The second-order valence-corrected chi connectivity index (χ2v) is 8.34. The summed E-state index contributed by atoms with van der Waals surface area (Å²) in [6.07, 6.45) is -2.26. The number of aryl methyl sites for hydroxylation is 2. The van der Waals surface area contributed by atoms with E-state index >= 15 is 0 Å². The number of aromatic amines is 1. The van der Waals surface area contributed by atoms with E-state index < -0.39 is 18.4 Å². The highest BCUT2D eigenvalue weighted by Gasteiger charge is 2.33. The van der Waals surface area contributed by atoms with Crippen LogP contribution >= 0.6 is 11.6 Å².